The van der Waals surface area contributed by atoms with Gasteiger partial charge >= 0.3 is 7.60 Å². The van der Waals surface area contributed by atoms with E-state index in [0.29, 0.717) is 11.8 Å². The van der Waals surface area contributed by atoms with Crippen LogP contribution in [-0.4, -0.2) is 25.2 Å². The summed E-state index contributed by atoms with van der Waals surface area (Å²) in [7, 11) is -0.800. The van der Waals surface area contributed by atoms with Crippen LogP contribution in [0.1, 0.15) is 26.7 Å². The first-order valence-corrected chi connectivity index (χ1v) is 7.57. The van der Waals surface area contributed by atoms with E-state index in [0.717, 1.165) is 18.4 Å². The lowest BCUT2D eigenvalue weighted by molar-refractivity contribution is -0.0172. The molecular weight excluding hydrogens is 239 g/mol. The Morgan fingerprint density at radius 3 is 2.47 bits per heavy atom. The summed E-state index contributed by atoms with van der Waals surface area (Å²) in [5, 5.41) is 10.2. The number of fused-ring (bicyclic) bond motifs is 1. The van der Waals surface area contributed by atoms with Gasteiger partial charge in [-0.25, -0.2) is 0 Å². The molecule has 1 N–H and O–H groups in total. The fraction of sp³-hybridized carbons (Fsp3) is 0.833. The van der Waals surface area contributed by atoms with Crippen molar-refractivity contribution in [2.45, 2.75) is 32.5 Å². The highest BCUT2D eigenvalue weighted by molar-refractivity contribution is 7.54. The number of aliphatic hydroxyl groups excluding tert-OH is 1. The van der Waals surface area contributed by atoms with Gasteiger partial charge in [0.2, 0.25) is 0 Å². The van der Waals surface area contributed by atoms with Crippen molar-refractivity contribution in [2.24, 2.45) is 17.3 Å². The van der Waals surface area contributed by atoms with E-state index < -0.39 is 13.4 Å². The van der Waals surface area contributed by atoms with Gasteiger partial charge in [-0.3, -0.25) is 4.57 Å². The maximum Gasteiger partial charge on any atom is 0.362 e. The molecule has 0 aromatic carbocycles. The summed E-state index contributed by atoms with van der Waals surface area (Å²) in [5.74, 6) is -0.133. The highest BCUT2D eigenvalue weighted by Crippen LogP contribution is 2.64. The van der Waals surface area contributed by atoms with Crippen molar-refractivity contribution in [1.82, 2.24) is 0 Å². The predicted molar refractivity (Wildman–Crippen MR) is 65.7 cm³/mol. The van der Waals surface area contributed by atoms with Crippen LogP contribution in [0, 0.1) is 17.3 Å². The van der Waals surface area contributed by atoms with E-state index in [1.165, 1.54) is 14.2 Å². The largest absolute Gasteiger partial charge is 0.376 e. The average molecular weight is 260 g/mol. The number of hydrogen-bond acceptors (Lipinski definition) is 4. The van der Waals surface area contributed by atoms with Crippen LogP contribution in [0.25, 0.3) is 0 Å². The van der Waals surface area contributed by atoms with Crippen molar-refractivity contribution in [3.05, 3.63) is 11.6 Å². The molecule has 3 rings (SSSR count). The molecule has 0 aromatic rings. The smallest absolute Gasteiger partial charge is 0.362 e. The Balaban J connectivity index is 2.24. The Bertz CT molecular complexity index is 380. The number of aliphatic hydroxyl groups is 1. The molecule has 0 unspecified atom stereocenters. The molecule has 3 aliphatic carbocycles. The molecule has 1 fully saturated rings. The van der Waals surface area contributed by atoms with Crippen LogP contribution in [0.3, 0.4) is 0 Å². The minimum Gasteiger partial charge on any atom is -0.376 e. The number of allylic oxidation sites excluding steroid dienone is 1. The third-order valence-electron chi connectivity index (χ3n) is 4.62. The third kappa shape index (κ3) is 1.82. The highest BCUT2D eigenvalue weighted by Gasteiger charge is 2.54. The fourth-order valence-electron chi connectivity index (χ4n) is 3.14. The molecular formula is C12H21O4P. The van der Waals surface area contributed by atoms with Gasteiger partial charge < -0.3 is 14.2 Å². The summed E-state index contributed by atoms with van der Waals surface area (Å²) in [6.45, 7) is 4.41. The van der Waals surface area contributed by atoms with E-state index in [1.807, 2.05) is 6.08 Å². The second-order valence-electron chi connectivity index (χ2n) is 5.53. The second kappa shape index (κ2) is 4.20. The van der Waals surface area contributed by atoms with E-state index in [4.69, 9.17) is 9.05 Å². The van der Waals surface area contributed by atoms with E-state index >= 15 is 0 Å². The molecule has 1 saturated carbocycles. The minimum atomic E-state index is -3.42. The van der Waals surface area contributed by atoms with Gasteiger partial charge in [0.25, 0.3) is 0 Å². The van der Waals surface area contributed by atoms with Crippen LogP contribution in [-0.2, 0) is 13.6 Å². The Morgan fingerprint density at radius 1 is 1.47 bits per heavy atom. The molecule has 0 aliphatic heterocycles. The molecule has 0 radical (unpaired) electrons. The summed E-state index contributed by atoms with van der Waals surface area (Å²) in [6, 6.07) is 0. The lowest BCUT2D eigenvalue weighted by Crippen LogP contribution is -2.50. The Labute approximate surface area is 103 Å². The van der Waals surface area contributed by atoms with Crippen molar-refractivity contribution in [3.8, 4) is 0 Å². The van der Waals surface area contributed by atoms with Crippen LogP contribution >= 0.6 is 7.60 Å². The summed E-state index contributed by atoms with van der Waals surface area (Å²) >= 11 is 0. The van der Waals surface area contributed by atoms with Gasteiger partial charge in [0.15, 0.2) is 5.85 Å². The molecule has 0 heterocycles. The molecule has 17 heavy (non-hydrogen) atoms. The molecule has 0 aromatic heterocycles. The quantitative estimate of drug-likeness (QED) is 0.623. The number of hydrogen-bond donors (Lipinski definition) is 1. The Hall–Kier alpha value is -0.150. The van der Waals surface area contributed by atoms with E-state index in [-0.39, 0.29) is 5.41 Å². The van der Waals surface area contributed by atoms with Crippen molar-refractivity contribution < 1.29 is 18.7 Å². The standard InChI is InChI=1S/C12H21O4P/c1-12(2)8-5-6-9(10(12)7-8)11(13)17(14,15-3)16-4/h6,8,10-11,13H,5,7H2,1-4H3/t8-,10+,11-/m0/s1. The predicted octanol–water partition coefficient (Wildman–Crippen LogP) is 2.78. The summed E-state index contributed by atoms with van der Waals surface area (Å²) in [5.41, 5.74) is 1.03. The molecule has 0 spiro atoms. The van der Waals surface area contributed by atoms with Crippen molar-refractivity contribution in [3.63, 3.8) is 0 Å². The zero-order chi connectivity index (χ0) is 12.8. The summed E-state index contributed by atoms with van der Waals surface area (Å²) in [4.78, 5) is 0. The second-order valence-corrected chi connectivity index (χ2v) is 7.82. The normalized spacial score (nSPS) is 32.6. The van der Waals surface area contributed by atoms with E-state index in [2.05, 4.69) is 13.8 Å². The lowest BCUT2D eigenvalue weighted by atomic mass is 9.49. The number of rotatable bonds is 4. The van der Waals surface area contributed by atoms with Crippen LogP contribution in [0.2, 0.25) is 0 Å². The minimum absolute atomic E-state index is 0.192. The van der Waals surface area contributed by atoms with Crippen molar-refractivity contribution in [2.75, 3.05) is 14.2 Å². The first kappa shape index (κ1) is 13.3. The monoisotopic (exact) mass is 260 g/mol. The Morgan fingerprint density at radius 2 is 2.06 bits per heavy atom. The molecule has 5 heteroatoms. The van der Waals surface area contributed by atoms with Gasteiger partial charge in [-0.05, 0) is 35.7 Å². The van der Waals surface area contributed by atoms with E-state index in [9.17, 15) is 9.67 Å². The summed E-state index contributed by atoms with van der Waals surface area (Å²) in [6.07, 6.45) is 4.03. The molecule has 4 nitrogen and oxygen atoms in total. The van der Waals surface area contributed by atoms with Gasteiger partial charge in [-0.15, -0.1) is 0 Å². The van der Waals surface area contributed by atoms with Gasteiger partial charge in [0.05, 0.1) is 0 Å². The maximum atomic E-state index is 12.2. The van der Waals surface area contributed by atoms with E-state index in [1.54, 1.807) is 0 Å². The lowest BCUT2D eigenvalue weighted by Gasteiger charge is -2.57. The third-order valence-corrected chi connectivity index (χ3v) is 6.53. The zero-order valence-electron chi connectivity index (χ0n) is 10.8. The molecule has 3 aliphatic rings. The highest BCUT2D eigenvalue weighted by atomic mass is 31.2. The van der Waals surface area contributed by atoms with Gasteiger partial charge in [0, 0.05) is 14.2 Å². The summed E-state index contributed by atoms with van der Waals surface area (Å²) < 4.78 is 21.9. The maximum absolute atomic E-state index is 12.2. The molecule has 98 valence electrons. The van der Waals surface area contributed by atoms with Crippen molar-refractivity contribution in [1.29, 1.82) is 0 Å². The molecule has 3 atom stereocenters. The van der Waals surface area contributed by atoms with Crippen LogP contribution in [0.5, 0.6) is 0 Å². The molecule has 0 amide bonds. The van der Waals surface area contributed by atoms with Gasteiger partial charge in [-0.1, -0.05) is 19.9 Å². The Kier molecular flexibility index (Phi) is 3.28. The van der Waals surface area contributed by atoms with Crippen LogP contribution < -0.4 is 0 Å². The van der Waals surface area contributed by atoms with Crippen molar-refractivity contribution >= 4 is 7.60 Å². The van der Waals surface area contributed by atoms with Gasteiger partial charge in [-0.2, -0.15) is 0 Å². The van der Waals surface area contributed by atoms with Crippen LogP contribution in [0.15, 0.2) is 11.6 Å². The van der Waals surface area contributed by atoms with Crippen LogP contribution in [0.4, 0.5) is 0 Å². The molecule has 0 saturated heterocycles. The average Bonchev–Trinajstić information content (AvgIpc) is 2.36. The first-order chi connectivity index (χ1) is 7.86. The SMILES string of the molecule is COP(=O)(OC)[C@H](O)C1=CC[C@H]2C[C@H]1C2(C)C. The first-order valence-electron chi connectivity index (χ1n) is 5.96. The van der Waals surface area contributed by atoms with Gasteiger partial charge in [0.1, 0.15) is 0 Å². The molecule has 2 bridgehead atoms. The topological polar surface area (TPSA) is 55.8 Å². The zero-order valence-corrected chi connectivity index (χ0v) is 11.7. The fourth-order valence-corrected chi connectivity index (χ4v) is 4.34.